The van der Waals surface area contributed by atoms with Crippen molar-refractivity contribution in [2.45, 2.75) is 39.2 Å². The summed E-state index contributed by atoms with van der Waals surface area (Å²) in [5.74, 6) is 2.30. The average molecular weight is 350 g/mol. The van der Waals surface area contributed by atoms with Crippen LogP contribution in [0.5, 0.6) is 0 Å². The van der Waals surface area contributed by atoms with Crippen molar-refractivity contribution < 1.29 is 13.9 Å². The number of hydrogen-bond acceptors (Lipinski definition) is 4. The number of rotatable bonds is 6. The number of amides is 1. The Morgan fingerprint density at radius 3 is 2.80 bits per heavy atom. The lowest BCUT2D eigenvalue weighted by Crippen LogP contribution is -2.50. The molecule has 1 fully saturated rings. The first-order chi connectivity index (χ1) is 12.1. The molecule has 1 saturated heterocycles. The molecule has 2 heterocycles. The van der Waals surface area contributed by atoms with Crippen LogP contribution in [0.4, 0.5) is 4.79 Å². The quantitative estimate of drug-likeness (QED) is 0.608. The maximum absolute atomic E-state index is 11.6. The molecule has 0 bridgehead atoms. The van der Waals surface area contributed by atoms with Crippen molar-refractivity contribution >= 4 is 12.1 Å². The van der Waals surface area contributed by atoms with Gasteiger partial charge in [0.05, 0.1) is 13.4 Å². The van der Waals surface area contributed by atoms with Crippen molar-refractivity contribution in [1.29, 1.82) is 0 Å². The number of ether oxygens (including phenoxy) is 1. The van der Waals surface area contributed by atoms with E-state index in [1.54, 1.807) is 11.2 Å². The number of carbonyl (C=O) groups excluding carboxylic acids is 1. The molecule has 0 aliphatic carbocycles. The van der Waals surface area contributed by atoms with Gasteiger partial charge in [-0.1, -0.05) is 13.8 Å². The molecule has 7 nitrogen and oxygen atoms in total. The number of nitrogens with zero attached hydrogens (tertiary/aromatic N) is 2. The minimum Gasteiger partial charge on any atom is -0.469 e. The first-order valence-electron chi connectivity index (χ1n) is 8.98. The van der Waals surface area contributed by atoms with Gasteiger partial charge in [0.25, 0.3) is 0 Å². The first-order valence-corrected chi connectivity index (χ1v) is 8.98. The molecule has 25 heavy (non-hydrogen) atoms. The maximum atomic E-state index is 11.6. The highest BCUT2D eigenvalue weighted by Crippen LogP contribution is 2.11. The Labute approximate surface area is 149 Å². The van der Waals surface area contributed by atoms with Gasteiger partial charge in [0.1, 0.15) is 5.76 Å². The van der Waals surface area contributed by atoms with Crippen LogP contribution in [0.15, 0.2) is 27.8 Å². The third kappa shape index (κ3) is 6.68. The second-order valence-corrected chi connectivity index (χ2v) is 6.71. The molecular formula is C18H30N4O3. The van der Waals surface area contributed by atoms with E-state index < -0.39 is 0 Å². The van der Waals surface area contributed by atoms with E-state index in [-0.39, 0.29) is 6.09 Å². The summed E-state index contributed by atoms with van der Waals surface area (Å²) in [5, 5.41) is 6.88. The molecule has 1 amide bonds. The van der Waals surface area contributed by atoms with Gasteiger partial charge in [0.2, 0.25) is 0 Å². The van der Waals surface area contributed by atoms with Gasteiger partial charge in [-0.05, 0) is 30.9 Å². The van der Waals surface area contributed by atoms with Gasteiger partial charge >= 0.3 is 6.09 Å². The summed E-state index contributed by atoms with van der Waals surface area (Å²) in [4.78, 5) is 18.0. The standard InChI is InChI=1S/C18H30N4O3/c1-14(2)13-20-17(19-9-6-16-5-4-12-25-16)21-15-7-10-22(11-8-15)18(23)24-3/h4-5,12,14-15H,6-11,13H2,1-3H3,(H2,19,20,21). The monoisotopic (exact) mass is 350 g/mol. The minimum atomic E-state index is -0.247. The lowest BCUT2D eigenvalue weighted by atomic mass is 10.1. The molecule has 140 valence electrons. The van der Waals surface area contributed by atoms with Gasteiger partial charge in [-0.2, -0.15) is 0 Å². The summed E-state index contributed by atoms with van der Waals surface area (Å²) >= 11 is 0. The Balaban J connectivity index is 1.81. The summed E-state index contributed by atoms with van der Waals surface area (Å²) in [5.41, 5.74) is 0. The fraction of sp³-hybridized carbons (Fsp3) is 0.667. The van der Waals surface area contributed by atoms with Gasteiger partial charge in [0.15, 0.2) is 5.96 Å². The molecule has 1 aliphatic heterocycles. The van der Waals surface area contributed by atoms with Gasteiger partial charge in [-0.15, -0.1) is 0 Å². The second kappa shape index (κ2) is 9.96. The highest BCUT2D eigenvalue weighted by atomic mass is 16.5. The van der Waals surface area contributed by atoms with E-state index in [9.17, 15) is 4.79 Å². The van der Waals surface area contributed by atoms with Gasteiger partial charge in [0, 0.05) is 38.6 Å². The number of piperidine rings is 1. The smallest absolute Gasteiger partial charge is 0.409 e. The highest BCUT2D eigenvalue weighted by molar-refractivity contribution is 5.80. The van der Waals surface area contributed by atoms with Crippen LogP contribution in [-0.2, 0) is 11.2 Å². The van der Waals surface area contributed by atoms with E-state index in [2.05, 4.69) is 29.5 Å². The number of nitrogens with one attached hydrogen (secondary N) is 2. The third-order valence-electron chi connectivity index (χ3n) is 4.13. The number of likely N-dealkylation sites (tertiary alicyclic amines) is 1. The molecule has 0 unspecified atom stereocenters. The zero-order valence-electron chi connectivity index (χ0n) is 15.5. The zero-order chi connectivity index (χ0) is 18.1. The Hall–Kier alpha value is -2.18. The molecular weight excluding hydrogens is 320 g/mol. The molecule has 0 atom stereocenters. The number of hydrogen-bond donors (Lipinski definition) is 2. The van der Waals surface area contributed by atoms with Gasteiger partial charge in [-0.25, -0.2) is 4.79 Å². The Kier molecular flexibility index (Phi) is 7.63. The number of methoxy groups -OCH3 is 1. The molecule has 7 heteroatoms. The largest absolute Gasteiger partial charge is 0.469 e. The second-order valence-electron chi connectivity index (χ2n) is 6.71. The van der Waals surface area contributed by atoms with Crippen LogP contribution < -0.4 is 10.6 Å². The van der Waals surface area contributed by atoms with E-state index in [4.69, 9.17) is 9.15 Å². The van der Waals surface area contributed by atoms with E-state index in [0.29, 0.717) is 25.0 Å². The van der Waals surface area contributed by atoms with Crippen molar-refractivity contribution in [2.24, 2.45) is 10.9 Å². The molecule has 0 saturated carbocycles. The van der Waals surface area contributed by atoms with Crippen LogP contribution in [0, 0.1) is 5.92 Å². The lowest BCUT2D eigenvalue weighted by molar-refractivity contribution is 0.111. The van der Waals surface area contributed by atoms with Crippen LogP contribution in [0.1, 0.15) is 32.4 Å². The predicted octanol–water partition coefficient (Wildman–Crippen LogP) is 2.24. The first kappa shape index (κ1) is 19.1. The van der Waals surface area contributed by atoms with Crippen molar-refractivity contribution in [2.75, 3.05) is 33.3 Å². The normalized spacial score (nSPS) is 16.2. The van der Waals surface area contributed by atoms with E-state index >= 15 is 0 Å². The van der Waals surface area contributed by atoms with Crippen molar-refractivity contribution in [1.82, 2.24) is 15.5 Å². The summed E-state index contributed by atoms with van der Waals surface area (Å²) in [6.45, 7) is 7.25. The fourth-order valence-electron chi connectivity index (χ4n) is 2.71. The van der Waals surface area contributed by atoms with Crippen molar-refractivity contribution in [3.8, 4) is 0 Å². The van der Waals surface area contributed by atoms with Crippen LogP contribution >= 0.6 is 0 Å². The Morgan fingerprint density at radius 2 is 2.20 bits per heavy atom. The number of aliphatic imine (C=N–C) groups is 1. The molecule has 2 N–H and O–H groups in total. The van der Waals surface area contributed by atoms with Crippen molar-refractivity contribution in [3.63, 3.8) is 0 Å². The molecule has 1 aliphatic rings. The van der Waals surface area contributed by atoms with E-state index in [0.717, 1.165) is 44.1 Å². The summed E-state index contributed by atoms with van der Waals surface area (Å²) in [6, 6.07) is 4.18. The number of carbonyl (C=O) groups is 1. The third-order valence-corrected chi connectivity index (χ3v) is 4.13. The summed E-state index contributed by atoms with van der Waals surface area (Å²) in [7, 11) is 1.42. The van der Waals surface area contributed by atoms with E-state index in [1.165, 1.54) is 7.11 Å². The predicted molar refractivity (Wildman–Crippen MR) is 97.7 cm³/mol. The minimum absolute atomic E-state index is 0.247. The van der Waals surface area contributed by atoms with Crippen LogP contribution in [0.2, 0.25) is 0 Å². The summed E-state index contributed by atoms with van der Waals surface area (Å²) < 4.78 is 10.1. The van der Waals surface area contributed by atoms with Crippen LogP contribution in [0.25, 0.3) is 0 Å². The van der Waals surface area contributed by atoms with Crippen LogP contribution in [0.3, 0.4) is 0 Å². The number of furan rings is 1. The lowest BCUT2D eigenvalue weighted by Gasteiger charge is -2.32. The molecule has 1 aromatic heterocycles. The van der Waals surface area contributed by atoms with E-state index in [1.807, 2.05) is 12.1 Å². The fourth-order valence-corrected chi connectivity index (χ4v) is 2.71. The van der Waals surface area contributed by atoms with Gasteiger partial charge < -0.3 is 24.7 Å². The summed E-state index contributed by atoms with van der Waals surface area (Å²) in [6.07, 6.45) is 4.03. The Morgan fingerprint density at radius 1 is 1.44 bits per heavy atom. The van der Waals surface area contributed by atoms with Crippen molar-refractivity contribution in [3.05, 3.63) is 24.2 Å². The maximum Gasteiger partial charge on any atom is 0.409 e. The topological polar surface area (TPSA) is 79.1 Å². The Bertz CT molecular complexity index is 535. The molecule has 0 spiro atoms. The highest BCUT2D eigenvalue weighted by Gasteiger charge is 2.23. The van der Waals surface area contributed by atoms with Crippen LogP contribution in [-0.4, -0.2) is 56.3 Å². The van der Waals surface area contributed by atoms with Gasteiger partial charge in [-0.3, -0.25) is 4.99 Å². The molecule has 1 aromatic rings. The zero-order valence-corrected chi connectivity index (χ0v) is 15.5. The SMILES string of the molecule is COC(=O)N1CCC(NC(=NCC(C)C)NCCc2ccco2)CC1. The molecule has 2 rings (SSSR count). The average Bonchev–Trinajstić information content (AvgIpc) is 3.12. The molecule has 0 radical (unpaired) electrons. The number of guanidine groups is 1. The molecule has 0 aromatic carbocycles.